The van der Waals surface area contributed by atoms with E-state index in [1.54, 1.807) is 0 Å². The zero-order valence-electron chi connectivity index (χ0n) is 7.23. The van der Waals surface area contributed by atoms with E-state index in [1.807, 2.05) is 0 Å². The van der Waals surface area contributed by atoms with Gasteiger partial charge in [-0.05, 0) is 27.7 Å². The Bertz CT molecular complexity index is 73.7. The molecule has 0 bridgehead atoms. The van der Waals surface area contributed by atoms with E-state index in [0.29, 0.717) is 12.1 Å². The highest BCUT2D eigenvalue weighted by atomic mass is 28.1. The molecule has 59 valence electrons. The van der Waals surface area contributed by atoms with E-state index < -0.39 is 0 Å². The molecule has 0 saturated carbocycles. The zero-order valence-corrected chi connectivity index (χ0v) is 8.23. The van der Waals surface area contributed by atoms with Gasteiger partial charge in [0.15, 0.2) is 0 Å². The van der Waals surface area contributed by atoms with Crippen LogP contribution >= 0.6 is 0 Å². The molecule has 0 spiro atoms. The topological polar surface area (TPSA) is 24.1 Å². The fourth-order valence-electron chi connectivity index (χ4n) is 0.715. The van der Waals surface area contributed by atoms with E-state index in [0.717, 1.165) is 0 Å². The Balaban J connectivity index is 3.34. The lowest BCUT2D eigenvalue weighted by atomic mass is 10.4. The first-order chi connectivity index (χ1) is 4.52. The summed E-state index contributed by atoms with van der Waals surface area (Å²) in [6.07, 6.45) is 0. The molecule has 0 saturated heterocycles. The van der Waals surface area contributed by atoms with Gasteiger partial charge in [-0.3, -0.25) is 0 Å². The van der Waals surface area contributed by atoms with Crippen molar-refractivity contribution >= 4 is 10.2 Å². The van der Waals surface area contributed by atoms with Crippen LogP contribution in [0.25, 0.3) is 0 Å². The van der Waals surface area contributed by atoms with Crippen molar-refractivity contribution < 1.29 is 0 Å². The third-order valence-electron chi connectivity index (χ3n) is 1.00. The van der Waals surface area contributed by atoms with Gasteiger partial charge in [0.1, 0.15) is 0 Å². The van der Waals surface area contributed by atoms with Crippen LogP contribution in [0.15, 0.2) is 0 Å². The lowest BCUT2D eigenvalue weighted by Gasteiger charge is -2.20. The normalized spacial score (nSPS) is 12.0. The van der Waals surface area contributed by atoms with Crippen molar-refractivity contribution in [1.29, 1.82) is 0 Å². The molecule has 2 nitrogen and oxygen atoms in total. The molecular weight excluding hydrogens is 140 g/mol. The maximum Gasteiger partial charge on any atom is 0.0696 e. The molecule has 0 aliphatic carbocycles. The molecule has 0 aromatic rings. The summed E-state index contributed by atoms with van der Waals surface area (Å²) < 4.78 is 0. The molecule has 0 aromatic heterocycles. The van der Waals surface area contributed by atoms with Crippen molar-refractivity contribution in [1.82, 2.24) is 10.6 Å². The summed E-state index contributed by atoms with van der Waals surface area (Å²) in [5, 5.41) is 6.55. The standard InChI is InChI=1S/C7H17N2Si/c1-5(2)8-7(10)9-6(3)4/h5-9H,1-4H3. The van der Waals surface area contributed by atoms with Gasteiger partial charge in [0.25, 0.3) is 0 Å². The predicted octanol–water partition coefficient (Wildman–Crippen LogP) is 0.434. The Morgan fingerprint density at radius 1 is 0.900 bits per heavy atom. The molecule has 0 aliphatic heterocycles. The third-order valence-corrected chi connectivity index (χ3v) is 1.33. The average molecular weight is 157 g/mol. The molecule has 0 rings (SSSR count). The molecule has 0 aromatic carbocycles. The molecule has 0 aliphatic rings. The minimum Gasteiger partial charge on any atom is -0.303 e. The van der Waals surface area contributed by atoms with Crippen molar-refractivity contribution in [2.24, 2.45) is 0 Å². The Kier molecular flexibility index (Phi) is 4.94. The Labute approximate surface area is 67.2 Å². The minimum atomic E-state index is 0.222. The van der Waals surface area contributed by atoms with E-state index in [4.69, 9.17) is 0 Å². The van der Waals surface area contributed by atoms with Gasteiger partial charge in [0.2, 0.25) is 0 Å². The number of hydrogen-bond donors (Lipinski definition) is 2. The maximum atomic E-state index is 3.51. The van der Waals surface area contributed by atoms with Gasteiger partial charge in [-0.25, -0.2) is 0 Å². The molecular formula is C7H17N2Si. The summed E-state index contributed by atoms with van der Waals surface area (Å²) in [6, 6.07) is 1.02. The van der Waals surface area contributed by atoms with E-state index >= 15 is 0 Å². The summed E-state index contributed by atoms with van der Waals surface area (Å²) in [5.41, 5.74) is 0. The fraction of sp³-hybridized carbons (Fsp3) is 1.00. The van der Waals surface area contributed by atoms with Crippen LogP contribution in [0.5, 0.6) is 0 Å². The Morgan fingerprint density at radius 2 is 1.20 bits per heavy atom. The van der Waals surface area contributed by atoms with E-state index in [2.05, 4.69) is 48.6 Å². The van der Waals surface area contributed by atoms with Gasteiger partial charge in [0.05, 0.1) is 10.2 Å². The summed E-state index contributed by atoms with van der Waals surface area (Å²) in [6.45, 7) is 8.48. The SMILES string of the molecule is CC(C)NC([Si])NC(C)C. The minimum absolute atomic E-state index is 0.222. The van der Waals surface area contributed by atoms with Crippen molar-refractivity contribution in [3.05, 3.63) is 0 Å². The van der Waals surface area contributed by atoms with Crippen molar-refractivity contribution in [3.8, 4) is 0 Å². The highest BCUT2D eigenvalue weighted by molar-refractivity contribution is 6.11. The Hall–Kier alpha value is 0.137. The molecule has 0 amide bonds. The second kappa shape index (κ2) is 4.88. The van der Waals surface area contributed by atoms with Crippen LogP contribution in [0, 0.1) is 0 Å². The molecule has 0 fully saturated rings. The number of nitrogens with one attached hydrogen (secondary N) is 2. The number of rotatable bonds is 4. The van der Waals surface area contributed by atoms with Gasteiger partial charge in [0, 0.05) is 17.9 Å². The van der Waals surface area contributed by atoms with Crippen LogP contribution in [0.2, 0.25) is 0 Å². The predicted molar refractivity (Wildman–Crippen MR) is 46.1 cm³/mol. The van der Waals surface area contributed by atoms with Crippen LogP contribution in [-0.4, -0.2) is 28.1 Å². The molecule has 2 N–H and O–H groups in total. The second-order valence-electron chi connectivity index (χ2n) is 3.08. The maximum absolute atomic E-state index is 3.51. The summed E-state index contributed by atoms with van der Waals surface area (Å²) >= 11 is 0. The van der Waals surface area contributed by atoms with Crippen molar-refractivity contribution in [2.45, 2.75) is 45.6 Å². The highest BCUT2D eigenvalue weighted by Crippen LogP contribution is 1.81. The molecule has 3 radical (unpaired) electrons. The van der Waals surface area contributed by atoms with Gasteiger partial charge in [-0.1, -0.05) is 0 Å². The van der Waals surface area contributed by atoms with Crippen LogP contribution < -0.4 is 10.6 Å². The van der Waals surface area contributed by atoms with E-state index in [1.165, 1.54) is 0 Å². The monoisotopic (exact) mass is 157 g/mol. The quantitative estimate of drug-likeness (QED) is 0.457. The molecule has 0 atom stereocenters. The summed E-state index contributed by atoms with van der Waals surface area (Å²) in [5.74, 6) is 0.222. The average Bonchev–Trinajstić information content (AvgIpc) is 1.58. The number of hydrogen-bond acceptors (Lipinski definition) is 2. The van der Waals surface area contributed by atoms with Gasteiger partial charge >= 0.3 is 0 Å². The Morgan fingerprint density at radius 3 is 1.40 bits per heavy atom. The van der Waals surface area contributed by atoms with E-state index in [-0.39, 0.29) is 5.79 Å². The van der Waals surface area contributed by atoms with Crippen molar-refractivity contribution in [2.75, 3.05) is 0 Å². The molecule has 10 heavy (non-hydrogen) atoms. The van der Waals surface area contributed by atoms with Crippen LogP contribution in [0.1, 0.15) is 27.7 Å². The first kappa shape index (κ1) is 10.1. The van der Waals surface area contributed by atoms with Crippen LogP contribution in [-0.2, 0) is 0 Å². The lowest BCUT2D eigenvalue weighted by molar-refractivity contribution is 0.452. The highest BCUT2D eigenvalue weighted by Gasteiger charge is 2.02. The molecule has 0 heterocycles. The van der Waals surface area contributed by atoms with Crippen molar-refractivity contribution in [3.63, 3.8) is 0 Å². The van der Waals surface area contributed by atoms with Gasteiger partial charge in [-0.2, -0.15) is 0 Å². The molecule has 3 heteroatoms. The second-order valence-corrected chi connectivity index (χ2v) is 3.65. The van der Waals surface area contributed by atoms with Gasteiger partial charge < -0.3 is 10.6 Å². The van der Waals surface area contributed by atoms with Crippen LogP contribution in [0.3, 0.4) is 0 Å². The van der Waals surface area contributed by atoms with Gasteiger partial charge in [-0.15, -0.1) is 0 Å². The zero-order chi connectivity index (χ0) is 8.15. The summed E-state index contributed by atoms with van der Waals surface area (Å²) in [4.78, 5) is 0. The fourth-order valence-corrected chi connectivity index (χ4v) is 1.38. The molecule has 0 unspecified atom stereocenters. The lowest BCUT2D eigenvalue weighted by Crippen LogP contribution is -2.48. The first-order valence-corrected chi connectivity index (χ1v) is 4.33. The summed E-state index contributed by atoms with van der Waals surface area (Å²) in [7, 11) is 3.51. The largest absolute Gasteiger partial charge is 0.303 e. The van der Waals surface area contributed by atoms with E-state index in [9.17, 15) is 0 Å². The third kappa shape index (κ3) is 6.26. The first-order valence-electron chi connectivity index (χ1n) is 3.75. The smallest absolute Gasteiger partial charge is 0.0696 e. The van der Waals surface area contributed by atoms with Crippen LogP contribution in [0.4, 0.5) is 0 Å².